The number of halogens is 2. The summed E-state index contributed by atoms with van der Waals surface area (Å²) in [7, 11) is 1.52. The van der Waals surface area contributed by atoms with Gasteiger partial charge in [0.15, 0.2) is 11.5 Å². The van der Waals surface area contributed by atoms with Crippen LogP contribution in [0.1, 0.15) is 28.3 Å². The molecule has 1 aliphatic heterocycles. The summed E-state index contributed by atoms with van der Waals surface area (Å²) in [4.78, 5) is 0. The first-order valence-corrected chi connectivity index (χ1v) is 10.1. The van der Waals surface area contributed by atoms with Crippen LogP contribution in [0.15, 0.2) is 52.3 Å². The first-order valence-electron chi connectivity index (χ1n) is 9.30. The number of nitrogens with two attached hydrogens (primary N) is 1. The summed E-state index contributed by atoms with van der Waals surface area (Å²) in [5.74, 6) is 0.429. The van der Waals surface area contributed by atoms with E-state index in [2.05, 4.69) is 32.2 Å². The van der Waals surface area contributed by atoms with Gasteiger partial charge in [-0.15, -0.1) is 5.10 Å². The Labute approximate surface area is 186 Å². The number of benzene rings is 2. The minimum atomic E-state index is -0.491. The molecule has 2 aromatic carbocycles. The fourth-order valence-electron chi connectivity index (χ4n) is 3.56. The maximum atomic E-state index is 13.5. The highest BCUT2D eigenvalue weighted by Crippen LogP contribution is 2.46. The number of fused-ring (bicyclic) bond motifs is 1. The Hall–Kier alpha value is -3.51. The van der Waals surface area contributed by atoms with E-state index >= 15 is 0 Å². The van der Waals surface area contributed by atoms with Gasteiger partial charge in [0.1, 0.15) is 24.1 Å². The molecule has 0 fully saturated rings. The molecule has 158 valence electrons. The van der Waals surface area contributed by atoms with E-state index in [1.165, 1.54) is 19.2 Å². The van der Waals surface area contributed by atoms with Crippen LogP contribution >= 0.6 is 15.9 Å². The number of aromatic nitrogens is 2. The molecule has 4 rings (SSSR count). The number of nitrogens with one attached hydrogen (secondary N) is 1. The smallest absolute Gasteiger partial charge is 0.244 e. The number of rotatable bonds is 5. The summed E-state index contributed by atoms with van der Waals surface area (Å²) in [6, 6.07) is 11.9. The molecule has 3 aromatic rings. The Bertz CT molecular complexity index is 1230. The Morgan fingerprint density at radius 1 is 1.35 bits per heavy atom. The lowest BCUT2D eigenvalue weighted by molar-refractivity contribution is 0.282. The third kappa shape index (κ3) is 3.82. The first kappa shape index (κ1) is 20.8. The number of hydrogen-bond acceptors (Lipinski definition) is 6. The summed E-state index contributed by atoms with van der Waals surface area (Å²) in [6.07, 6.45) is 0. The number of ether oxygens (including phenoxy) is 3. The average Bonchev–Trinajstić information content (AvgIpc) is 3.11. The van der Waals surface area contributed by atoms with Crippen LogP contribution in [0.5, 0.6) is 17.4 Å². The van der Waals surface area contributed by atoms with Crippen LogP contribution < -0.4 is 19.9 Å². The van der Waals surface area contributed by atoms with Gasteiger partial charge < -0.3 is 19.9 Å². The molecule has 0 unspecified atom stereocenters. The third-order valence-corrected chi connectivity index (χ3v) is 5.58. The summed E-state index contributed by atoms with van der Waals surface area (Å²) < 4.78 is 31.0. The molecule has 1 aromatic heterocycles. The van der Waals surface area contributed by atoms with E-state index in [1.807, 2.05) is 13.0 Å². The first-order chi connectivity index (χ1) is 14.9. The van der Waals surface area contributed by atoms with Crippen LogP contribution in [0.2, 0.25) is 0 Å². The maximum Gasteiger partial charge on any atom is 0.244 e. The average molecular weight is 485 g/mol. The summed E-state index contributed by atoms with van der Waals surface area (Å²) in [5, 5.41) is 16.7. The van der Waals surface area contributed by atoms with Crippen LogP contribution in [0.3, 0.4) is 0 Å². The molecule has 1 atom stereocenters. The third-order valence-electron chi connectivity index (χ3n) is 4.99. The summed E-state index contributed by atoms with van der Waals surface area (Å²) in [5.41, 5.74) is 9.19. The topological polar surface area (TPSA) is 106 Å². The standard InChI is InChI=1S/C22H18BrFN4O3/c1-11-18-19(15(9-25)21(26)31-22(18)28-27-11)13-7-16(23)20(17(8-13)29-2)30-10-12-4-3-5-14(24)6-12/h3-8,19H,10,26H2,1-2H3,(H,27,28)/t19-/m0/s1. The molecule has 31 heavy (non-hydrogen) atoms. The van der Waals surface area contributed by atoms with Gasteiger partial charge in [-0.25, -0.2) is 4.39 Å². The van der Waals surface area contributed by atoms with Crippen LogP contribution in [0.25, 0.3) is 0 Å². The van der Waals surface area contributed by atoms with Gasteiger partial charge in [-0.2, -0.15) is 5.26 Å². The molecular formula is C22H18BrFN4O3. The van der Waals surface area contributed by atoms with Gasteiger partial charge in [0.25, 0.3) is 0 Å². The number of nitrogens with zero attached hydrogens (tertiary/aromatic N) is 2. The van der Waals surface area contributed by atoms with Crippen molar-refractivity contribution in [3.8, 4) is 23.4 Å². The molecule has 3 N–H and O–H groups in total. The fourth-order valence-corrected chi connectivity index (χ4v) is 4.13. The van der Waals surface area contributed by atoms with E-state index in [0.29, 0.717) is 27.4 Å². The molecule has 1 aliphatic rings. The molecule has 0 saturated carbocycles. The highest BCUT2D eigenvalue weighted by Gasteiger charge is 2.35. The van der Waals surface area contributed by atoms with Crippen LogP contribution in [0.4, 0.5) is 4.39 Å². The van der Waals surface area contributed by atoms with E-state index in [-0.39, 0.29) is 23.9 Å². The lowest BCUT2D eigenvalue weighted by Gasteiger charge is -2.25. The van der Waals surface area contributed by atoms with Gasteiger partial charge in [-0.05, 0) is 58.2 Å². The van der Waals surface area contributed by atoms with Crippen molar-refractivity contribution in [2.75, 3.05) is 7.11 Å². The second-order valence-corrected chi connectivity index (χ2v) is 7.80. The van der Waals surface area contributed by atoms with Gasteiger partial charge in [0.2, 0.25) is 11.8 Å². The molecule has 9 heteroatoms. The second-order valence-electron chi connectivity index (χ2n) is 6.94. The Morgan fingerprint density at radius 2 is 2.16 bits per heavy atom. The number of H-pyrrole nitrogens is 1. The summed E-state index contributed by atoms with van der Waals surface area (Å²) >= 11 is 3.54. The van der Waals surface area contributed by atoms with Crippen LogP contribution in [-0.2, 0) is 6.61 Å². The molecule has 0 aliphatic carbocycles. The Morgan fingerprint density at radius 3 is 2.87 bits per heavy atom. The second kappa shape index (κ2) is 8.32. The molecule has 2 heterocycles. The van der Waals surface area contributed by atoms with Gasteiger partial charge in [0.05, 0.1) is 17.5 Å². The maximum absolute atomic E-state index is 13.5. The van der Waals surface area contributed by atoms with Crippen molar-refractivity contribution < 1.29 is 18.6 Å². The van der Waals surface area contributed by atoms with E-state index in [1.54, 1.807) is 18.2 Å². The van der Waals surface area contributed by atoms with E-state index in [0.717, 1.165) is 16.8 Å². The van der Waals surface area contributed by atoms with Crippen molar-refractivity contribution in [2.45, 2.75) is 19.4 Å². The molecule has 0 amide bonds. The van der Waals surface area contributed by atoms with Crippen molar-refractivity contribution in [1.29, 1.82) is 5.26 Å². The van der Waals surface area contributed by atoms with Crippen molar-refractivity contribution >= 4 is 15.9 Å². The largest absolute Gasteiger partial charge is 0.493 e. The highest BCUT2D eigenvalue weighted by molar-refractivity contribution is 9.10. The summed E-state index contributed by atoms with van der Waals surface area (Å²) in [6.45, 7) is 2.01. The minimum absolute atomic E-state index is 0.00743. The number of aromatic amines is 1. The zero-order chi connectivity index (χ0) is 22.1. The van der Waals surface area contributed by atoms with Crippen molar-refractivity contribution in [2.24, 2.45) is 5.73 Å². The van der Waals surface area contributed by atoms with E-state index in [9.17, 15) is 9.65 Å². The van der Waals surface area contributed by atoms with Crippen molar-refractivity contribution in [3.05, 3.63) is 80.5 Å². The molecule has 0 saturated heterocycles. The van der Waals surface area contributed by atoms with Gasteiger partial charge in [-0.1, -0.05) is 12.1 Å². The monoisotopic (exact) mass is 484 g/mol. The molecular weight excluding hydrogens is 467 g/mol. The van der Waals surface area contributed by atoms with E-state index in [4.69, 9.17) is 19.9 Å². The van der Waals surface area contributed by atoms with Crippen molar-refractivity contribution in [1.82, 2.24) is 10.2 Å². The molecule has 0 bridgehead atoms. The van der Waals surface area contributed by atoms with Gasteiger partial charge >= 0.3 is 0 Å². The zero-order valence-electron chi connectivity index (χ0n) is 16.7. The molecule has 0 radical (unpaired) electrons. The number of allylic oxidation sites excluding steroid dienone is 1. The lowest BCUT2D eigenvalue weighted by atomic mass is 9.84. The number of aryl methyl sites for hydroxylation is 1. The quantitative estimate of drug-likeness (QED) is 0.554. The fraction of sp³-hybridized carbons (Fsp3) is 0.182. The van der Waals surface area contributed by atoms with Crippen LogP contribution in [0, 0.1) is 24.1 Å². The Kier molecular flexibility index (Phi) is 5.57. The molecule has 0 spiro atoms. The predicted molar refractivity (Wildman–Crippen MR) is 114 cm³/mol. The number of methoxy groups -OCH3 is 1. The van der Waals surface area contributed by atoms with E-state index < -0.39 is 5.92 Å². The SMILES string of the molecule is COc1cc([C@H]2C(C#N)=C(N)Oc3n[nH]c(C)c32)cc(Br)c1OCc1cccc(F)c1. The Balaban J connectivity index is 1.74. The van der Waals surface area contributed by atoms with Gasteiger partial charge in [-0.3, -0.25) is 5.10 Å². The normalized spacial score (nSPS) is 15.1. The van der Waals surface area contributed by atoms with Crippen LogP contribution in [-0.4, -0.2) is 17.3 Å². The zero-order valence-corrected chi connectivity index (χ0v) is 18.3. The highest BCUT2D eigenvalue weighted by atomic mass is 79.9. The lowest BCUT2D eigenvalue weighted by Crippen LogP contribution is -2.21. The number of nitriles is 1. The minimum Gasteiger partial charge on any atom is -0.493 e. The number of hydrogen-bond donors (Lipinski definition) is 2. The molecule has 7 nitrogen and oxygen atoms in total. The predicted octanol–water partition coefficient (Wildman–Crippen LogP) is 4.43. The van der Waals surface area contributed by atoms with Gasteiger partial charge in [0, 0.05) is 11.3 Å². The van der Waals surface area contributed by atoms with Crippen molar-refractivity contribution in [3.63, 3.8) is 0 Å².